The highest BCUT2D eigenvalue weighted by Gasteiger charge is 2.36. The third-order valence-electron chi connectivity index (χ3n) is 4.38. The van der Waals surface area contributed by atoms with Crippen LogP contribution in [0.2, 0.25) is 0 Å². The SMILES string of the molecule is CC1(C(=O)c2ccnn2-c2ccccc2)CCCCC1. The van der Waals surface area contributed by atoms with Crippen LogP contribution in [0.3, 0.4) is 0 Å². The van der Waals surface area contributed by atoms with Gasteiger partial charge in [0.1, 0.15) is 5.69 Å². The number of nitrogens with zero attached hydrogens (tertiary/aromatic N) is 2. The normalized spacial score (nSPS) is 17.9. The molecule has 1 saturated carbocycles. The number of Topliss-reactive ketones (excluding diaryl/α,β-unsaturated/α-hetero) is 1. The highest BCUT2D eigenvalue weighted by atomic mass is 16.1. The van der Waals surface area contributed by atoms with Crippen molar-refractivity contribution < 1.29 is 4.79 Å². The molecule has 0 amide bonds. The number of carbonyl (C=O) groups excluding carboxylic acids is 1. The predicted molar refractivity (Wildman–Crippen MR) is 79.1 cm³/mol. The molecule has 0 atom stereocenters. The first kappa shape index (κ1) is 13.1. The molecule has 1 aromatic heterocycles. The van der Waals surface area contributed by atoms with Crippen molar-refractivity contribution in [3.05, 3.63) is 48.3 Å². The van der Waals surface area contributed by atoms with Crippen molar-refractivity contribution in [3.63, 3.8) is 0 Å². The van der Waals surface area contributed by atoms with Gasteiger partial charge in [0.15, 0.2) is 5.78 Å². The molecular weight excluding hydrogens is 248 g/mol. The van der Waals surface area contributed by atoms with Gasteiger partial charge in [-0.25, -0.2) is 4.68 Å². The smallest absolute Gasteiger partial charge is 0.187 e. The van der Waals surface area contributed by atoms with Crippen LogP contribution in [0, 0.1) is 5.41 Å². The standard InChI is InChI=1S/C17H20N2O/c1-17(11-6-3-7-12-17)16(20)15-10-13-18-19(15)14-8-4-2-5-9-14/h2,4-5,8-10,13H,3,6-7,11-12H2,1H3. The molecule has 1 aromatic carbocycles. The van der Waals surface area contributed by atoms with E-state index in [1.54, 1.807) is 10.9 Å². The number of carbonyl (C=O) groups is 1. The lowest BCUT2D eigenvalue weighted by molar-refractivity contribution is 0.0740. The van der Waals surface area contributed by atoms with Gasteiger partial charge in [0.25, 0.3) is 0 Å². The lowest BCUT2D eigenvalue weighted by Crippen LogP contribution is -2.31. The van der Waals surface area contributed by atoms with Crippen LogP contribution in [0.25, 0.3) is 5.69 Å². The van der Waals surface area contributed by atoms with Gasteiger partial charge in [-0.1, -0.05) is 44.4 Å². The van der Waals surface area contributed by atoms with Gasteiger partial charge in [0.05, 0.1) is 11.9 Å². The Bertz CT molecular complexity index is 594. The first-order valence-electron chi connectivity index (χ1n) is 7.35. The Morgan fingerprint density at radius 3 is 2.50 bits per heavy atom. The maximum absolute atomic E-state index is 12.9. The van der Waals surface area contributed by atoms with Crippen LogP contribution in [0.5, 0.6) is 0 Å². The van der Waals surface area contributed by atoms with Crippen molar-refractivity contribution in [2.75, 3.05) is 0 Å². The van der Waals surface area contributed by atoms with Gasteiger partial charge >= 0.3 is 0 Å². The lowest BCUT2D eigenvalue weighted by atomic mass is 9.72. The Hall–Kier alpha value is -1.90. The molecule has 0 radical (unpaired) electrons. The van der Waals surface area contributed by atoms with E-state index >= 15 is 0 Å². The highest BCUT2D eigenvalue weighted by Crippen LogP contribution is 2.38. The van der Waals surface area contributed by atoms with Gasteiger partial charge < -0.3 is 0 Å². The zero-order chi connectivity index (χ0) is 14.0. The summed E-state index contributed by atoms with van der Waals surface area (Å²) in [5.41, 5.74) is 1.44. The fourth-order valence-electron chi connectivity index (χ4n) is 3.12. The maximum atomic E-state index is 12.9. The molecule has 1 aliphatic carbocycles. The number of benzene rings is 1. The summed E-state index contributed by atoms with van der Waals surface area (Å²) in [6.07, 6.45) is 7.26. The van der Waals surface area contributed by atoms with E-state index in [0.717, 1.165) is 31.4 Å². The molecule has 2 aromatic rings. The van der Waals surface area contributed by atoms with Crippen molar-refractivity contribution in [2.24, 2.45) is 5.41 Å². The van der Waals surface area contributed by atoms with E-state index in [2.05, 4.69) is 12.0 Å². The van der Waals surface area contributed by atoms with Gasteiger partial charge in [0, 0.05) is 5.41 Å². The number of rotatable bonds is 3. The molecule has 0 unspecified atom stereocenters. The summed E-state index contributed by atoms with van der Waals surface area (Å²) in [6, 6.07) is 11.7. The Labute approximate surface area is 119 Å². The van der Waals surface area contributed by atoms with Gasteiger partial charge in [0.2, 0.25) is 0 Å². The van der Waals surface area contributed by atoms with E-state index in [1.807, 2.05) is 36.4 Å². The fourth-order valence-corrected chi connectivity index (χ4v) is 3.12. The second-order valence-electron chi connectivity index (χ2n) is 5.91. The van der Waals surface area contributed by atoms with Crippen LogP contribution < -0.4 is 0 Å². The topological polar surface area (TPSA) is 34.9 Å². The molecule has 0 N–H and O–H groups in total. The van der Waals surface area contributed by atoms with Crippen LogP contribution in [0.15, 0.2) is 42.6 Å². The van der Waals surface area contributed by atoms with Crippen LogP contribution in [0.1, 0.15) is 49.5 Å². The van der Waals surface area contributed by atoms with Crippen molar-refractivity contribution in [3.8, 4) is 5.69 Å². The van der Waals surface area contributed by atoms with E-state index in [-0.39, 0.29) is 11.2 Å². The minimum atomic E-state index is -0.217. The van der Waals surface area contributed by atoms with E-state index < -0.39 is 0 Å². The van der Waals surface area contributed by atoms with Crippen LogP contribution in [-0.4, -0.2) is 15.6 Å². The minimum absolute atomic E-state index is 0.217. The summed E-state index contributed by atoms with van der Waals surface area (Å²) in [5.74, 6) is 0.235. The first-order valence-corrected chi connectivity index (χ1v) is 7.35. The lowest BCUT2D eigenvalue weighted by Gasteiger charge is -2.31. The van der Waals surface area contributed by atoms with E-state index in [0.29, 0.717) is 5.69 Å². The molecular formula is C17H20N2O. The van der Waals surface area contributed by atoms with Gasteiger partial charge in [-0.15, -0.1) is 0 Å². The molecule has 20 heavy (non-hydrogen) atoms. The second-order valence-corrected chi connectivity index (χ2v) is 5.91. The molecule has 0 bridgehead atoms. The van der Waals surface area contributed by atoms with Crippen LogP contribution >= 0.6 is 0 Å². The van der Waals surface area contributed by atoms with E-state index in [9.17, 15) is 4.79 Å². The van der Waals surface area contributed by atoms with Gasteiger partial charge in [-0.05, 0) is 31.0 Å². The average molecular weight is 268 g/mol. The molecule has 104 valence electrons. The fraction of sp³-hybridized carbons (Fsp3) is 0.412. The third kappa shape index (κ3) is 2.28. The molecule has 1 aliphatic rings. The Kier molecular flexibility index (Phi) is 3.43. The zero-order valence-corrected chi connectivity index (χ0v) is 11.9. The Morgan fingerprint density at radius 2 is 1.80 bits per heavy atom. The molecule has 3 rings (SSSR count). The maximum Gasteiger partial charge on any atom is 0.187 e. The van der Waals surface area contributed by atoms with Crippen LogP contribution in [0.4, 0.5) is 0 Å². The average Bonchev–Trinajstić information content (AvgIpc) is 2.97. The molecule has 1 fully saturated rings. The van der Waals surface area contributed by atoms with Gasteiger partial charge in [-0.3, -0.25) is 4.79 Å². The van der Waals surface area contributed by atoms with E-state index in [4.69, 9.17) is 0 Å². The Morgan fingerprint density at radius 1 is 1.10 bits per heavy atom. The Balaban J connectivity index is 1.95. The minimum Gasteiger partial charge on any atom is -0.292 e. The second kappa shape index (κ2) is 5.23. The summed E-state index contributed by atoms with van der Waals surface area (Å²) < 4.78 is 1.77. The number of hydrogen-bond donors (Lipinski definition) is 0. The number of hydrogen-bond acceptors (Lipinski definition) is 2. The quantitative estimate of drug-likeness (QED) is 0.788. The highest BCUT2D eigenvalue weighted by molar-refractivity contribution is 5.99. The van der Waals surface area contributed by atoms with Crippen molar-refractivity contribution in [1.29, 1.82) is 0 Å². The van der Waals surface area contributed by atoms with Gasteiger partial charge in [-0.2, -0.15) is 5.10 Å². The van der Waals surface area contributed by atoms with Crippen LogP contribution in [-0.2, 0) is 0 Å². The molecule has 3 nitrogen and oxygen atoms in total. The first-order chi connectivity index (χ1) is 9.71. The van der Waals surface area contributed by atoms with E-state index in [1.165, 1.54) is 6.42 Å². The molecule has 3 heteroatoms. The van der Waals surface area contributed by atoms with Crippen molar-refractivity contribution in [1.82, 2.24) is 9.78 Å². The summed E-state index contributed by atoms with van der Waals surface area (Å²) >= 11 is 0. The molecule has 0 aliphatic heterocycles. The molecule has 0 spiro atoms. The number of para-hydroxylation sites is 1. The molecule has 1 heterocycles. The predicted octanol–water partition coefficient (Wildman–Crippen LogP) is 4.03. The largest absolute Gasteiger partial charge is 0.292 e. The summed E-state index contributed by atoms with van der Waals surface area (Å²) in [6.45, 7) is 2.11. The molecule has 0 saturated heterocycles. The van der Waals surface area contributed by atoms with Crippen molar-refractivity contribution in [2.45, 2.75) is 39.0 Å². The number of ketones is 1. The summed E-state index contributed by atoms with van der Waals surface area (Å²) in [7, 11) is 0. The summed E-state index contributed by atoms with van der Waals surface area (Å²) in [4.78, 5) is 12.9. The third-order valence-corrected chi connectivity index (χ3v) is 4.38. The summed E-state index contributed by atoms with van der Waals surface area (Å²) in [5, 5.41) is 4.33. The number of aromatic nitrogens is 2. The monoisotopic (exact) mass is 268 g/mol. The zero-order valence-electron chi connectivity index (χ0n) is 11.9. The van der Waals surface area contributed by atoms with Crippen molar-refractivity contribution >= 4 is 5.78 Å².